The van der Waals surface area contributed by atoms with Crippen LogP contribution in [0.3, 0.4) is 0 Å². The molecule has 1 fully saturated rings. The van der Waals surface area contributed by atoms with Gasteiger partial charge in [-0.1, -0.05) is 6.07 Å². The second-order valence-corrected chi connectivity index (χ2v) is 5.44. The first kappa shape index (κ1) is 14.4. The number of aromatic nitrogens is 1. The van der Waals surface area contributed by atoms with Crippen LogP contribution in [0.5, 0.6) is 0 Å². The zero-order valence-corrected chi connectivity index (χ0v) is 11.6. The maximum atomic E-state index is 12.7. The van der Waals surface area contributed by atoms with Crippen LogP contribution in [0.25, 0.3) is 10.9 Å². The SMILES string of the molecule is FC(F)(F)c1cc2cc(CCN3CCNCC3)ccc2[nH]1. The van der Waals surface area contributed by atoms with Crippen molar-refractivity contribution in [2.75, 3.05) is 32.7 Å². The molecule has 1 aliphatic rings. The monoisotopic (exact) mass is 297 g/mol. The molecule has 1 aromatic carbocycles. The number of halogens is 3. The van der Waals surface area contributed by atoms with E-state index in [0.717, 1.165) is 44.7 Å². The summed E-state index contributed by atoms with van der Waals surface area (Å²) in [5.74, 6) is 0. The van der Waals surface area contributed by atoms with Crippen LogP contribution in [0.1, 0.15) is 11.3 Å². The van der Waals surface area contributed by atoms with Crippen LogP contribution >= 0.6 is 0 Å². The van der Waals surface area contributed by atoms with Gasteiger partial charge < -0.3 is 15.2 Å². The van der Waals surface area contributed by atoms with Crippen molar-refractivity contribution in [3.8, 4) is 0 Å². The Kier molecular flexibility index (Phi) is 3.91. The van der Waals surface area contributed by atoms with E-state index in [0.29, 0.717) is 10.9 Å². The minimum atomic E-state index is -4.32. The highest BCUT2D eigenvalue weighted by atomic mass is 19.4. The smallest absolute Gasteiger partial charge is 0.351 e. The third-order valence-electron chi connectivity index (χ3n) is 3.92. The van der Waals surface area contributed by atoms with Crippen LogP contribution in [0.15, 0.2) is 24.3 Å². The quantitative estimate of drug-likeness (QED) is 0.912. The number of hydrogen-bond donors (Lipinski definition) is 2. The number of fused-ring (bicyclic) bond motifs is 1. The molecule has 3 nitrogen and oxygen atoms in total. The predicted molar refractivity (Wildman–Crippen MR) is 76.3 cm³/mol. The molecule has 2 aromatic rings. The van der Waals surface area contributed by atoms with Gasteiger partial charge in [0.1, 0.15) is 5.69 Å². The van der Waals surface area contributed by atoms with Crippen LogP contribution in [0.4, 0.5) is 13.2 Å². The minimum absolute atomic E-state index is 0.535. The van der Waals surface area contributed by atoms with E-state index in [4.69, 9.17) is 0 Å². The van der Waals surface area contributed by atoms with Gasteiger partial charge in [-0.25, -0.2) is 0 Å². The second kappa shape index (κ2) is 5.69. The Labute approximate surface area is 121 Å². The van der Waals surface area contributed by atoms with Crippen molar-refractivity contribution in [1.29, 1.82) is 0 Å². The van der Waals surface area contributed by atoms with Gasteiger partial charge >= 0.3 is 6.18 Å². The van der Waals surface area contributed by atoms with Crippen LogP contribution in [0.2, 0.25) is 0 Å². The highest BCUT2D eigenvalue weighted by Crippen LogP contribution is 2.31. The molecule has 0 unspecified atom stereocenters. The van der Waals surface area contributed by atoms with E-state index < -0.39 is 11.9 Å². The standard InChI is InChI=1S/C15H18F3N3/c16-15(17,18)14-10-12-9-11(1-2-13(12)20-14)3-6-21-7-4-19-5-8-21/h1-2,9-10,19-20H,3-8H2. The molecule has 0 bridgehead atoms. The lowest BCUT2D eigenvalue weighted by atomic mass is 10.1. The van der Waals surface area contributed by atoms with E-state index in [9.17, 15) is 13.2 Å². The normalized spacial score (nSPS) is 17.5. The zero-order chi connectivity index (χ0) is 14.9. The zero-order valence-electron chi connectivity index (χ0n) is 11.6. The van der Waals surface area contributed by atoms with Gasteiger partial charge in [0.25, 0.3) is 0 Å². The van der Waals surface area contributed by atoms with Gasteiger partial charge in [0.05, 0.1) is 0 Å². The number of nitrogens with one attached hydrogen (secondary N) is 2. The van der Waals surface area contributed by atoms with E-state index >= 15 is 0 Å². The molecular formula is C15H18F3N3. The number of piperazine rings is 1. The molecule has 0 atom stereocenters. The van der Waals surface area contributed by atoms with Crippen molar-refractivity contribution in [2.24, 2.45) is 0 Å². The topological polar surface area (TPSA) is 31.1 Å². The summed E-state index contributed by atoms with van der Waals surface area (Å²) in [5, 5.41) is 3.93. The third-order valence-corrected chi connectivity index (χ3v) is 3.92. The fourth-order valence-electron chi connectivity index (χ4n) is 2.71. The van der Waals surface area contributed by atoms with Crippen molar-refractivity contribution < 1.29 is 13.2 Å². The molecule has 1 aromatic heterocycles. The lowest BCUT2D eigenvalue weighted by Crippen LogP contribution is -2.44. The molecule has 0 saturated carbocycles. The van der Waals surface area contributed by atoms with Crippen molar-refractivity contribution in [2.45, 2.75) is 12.6 Å². The molecular weight excluding hydrogens is 279 g/mol. The second-order valence-electron chi connectivity index (χ2n) is 5.44. The number of nitrogens with zero attached hydrogens (tertiary/aromatic N) is 1. The Bertz CT molecular complexity index is 612. The Morgan fingerprint density at radius 2 is 1.86 bits per heavy atom. The van der Waals surface area contributed by atoms with E-state index in [1.807, 2.05) is 12.1 Å². The van der Waals surface area contributed by atoms with Crippen LogP contribution < -0.4 is 5.32 Å². The molecule has 0 aliphatic carbocycles. The maximum absolute atomic E-state index is 12.7. The summed E-state index contributed by atoms with van der Waals surface area (Å²) in [5.41, 5.74) is 0.929. The summed E-state index contributed by atoms with van der Waals surface area (Å²) in [6.07, 6.45) is -3.46. The first-order valence-corrected chi connectivity index (χ1v) is 7.14. The first-order chi connectivity index (χ1) is 10.0. The number of H-pyrrole nitrogens is 1. The molecule has 3 rings (SSSR count). The average Bonchev–Trinajstić information content (AvgIpc) is 2.89. The average molecular weight is 297 g/mol. The maximum Gasteiger partial charge on any atom is 0.431 e. The van der Waals surface area contributed by atoms with Crippen molar-refractivity contribution >= 4 is 10.9 Å². The molecule has 2 N–H and O–H groups in total. The van der Waals surface area contributed by atoms with Gasteiger partial charge in [0, 0.05) is 43.6 Å². The number of benzene rings is 1. The van der Waals surface area contributed by atoms with Gasteiger partial charge in [0.15, 0.2) is 0 Å². The van der Waals surface area contributed by atoms with E-state index in [2.05, 4.69) is 15.2 Å². The van der Waals surface area contributed by atoms with Gasteiger partial charge in [-0.2, -0.15) is 13.2 Å². The molecule has 1 aliphatic heterocycles. The van der Waals surface area contributed by atoms with Crippen LogP contribution in [-0.4, -0.2) is 42.6 Å². The Morgan fingerprint density at radius 3 is 2.57 bits per heavy atom. The molecule has 1 saturated heterocycles. The van der Waals surface area contributed by atoms with Crippen LogP contribution in [-0.2, 0) is 12.6 Å². The lowest BCUT2D eigenvalue weighted by Gasteiger charge is -2.27. The molecule has 0 radical (unpaired) electrons. The molecule has 0 amide bonds. The summed E-state index contributed by atoms with van der Waals surface area (Å²) >= 11 is 0. The van der Waals surface area contributed by atoms with Crippen LogP contribution in [0, 0.1) is 0 Å². The number of hydrogen-bond acceptors (Lipinski definition) is 2. The molecule has 2 heterocycles. The largest absolute Gasteiger partial charge is 0.431 e. The van der Waals surface area contributed by atoms with Crippen molar-refractivity contribution in [1.82, 2.24) is 15.2 Å². The minimum Gasteiger partial charge on any atom is -0.351 e. The molecule has 6 heteroatoms. The van der Waals surface area contributed by atoms with Gasteiger partial charge in [-0.05, 0) is 30.2 Å². The lowest BCUT2D eigenvalue weighted by molar-refractivity contribution is -0.140. The Hall–Kier alpha value is -1.53. The molecule has 0 spiro atoms. The summed E-state index contributed by atoms with van der Waals surface area (Å²) < 4.78 is 38.0. The number of alkyl halides is 3. The number of aromatic amines is 1. The fraction of sp³-hybridized carbons (Fsp3) is 0.467. The van der Waals surface area contributed by atoms with Crippen molar-refractivity contribution in [3.05, 3.63) is 35.5 Å². The summed E-state index contributed by atoms with van der Waals surface area (Å²) in [4.78, 5) is 4.80. The highest BCUT2D eigenvalue weighted by Gasteiger charge is 2.32. The van der Waals surface area contributed by atoms with Crippen molar-refractivity contribution in [3.63, 3.8) is 0 Å². The van der Waals surface area contributed by atoms with E-state index in [1.165, 1.54) is 6.07 Å². The summed E-state index contributed by atoms with van der Waals surface area (Å²) in [6.45, 7) is 5.02. The van der Waals surface area contributed by atoms with E-state index in [1.54, 1.807) is 6.07 Å². The number of rotatable bonds is 3. The highest BCUT2D eigenvalue weighted by molar-refractivity contribution is 5.81. The van der Waals surface area contributed by atoms with Gasteiger partial charge in [0.2, 0.25) is 0 Å². The molecule has 114 valence electrons. The predicted octanol–water partition coefficient (Wildman–Crippen LogP) is 2.63. The Balaban J connectivity index is 1.71. The van der Waals surface area contributed by atoms with E-state index in [-0.39, 0.29) is 0 Å². The Morgan fingerprint density at radius 1 is 1.10 bits per heavy atom. The summed E-state index contributed by atoms with van der Waals surface area (Å²) in [7, 11) is 0. The third kappa shape index (κ3) is 3.39. The van der Waals surface area contributed by atoms with Gasteiger partial charge in [-0.3, -0.25) is 0 Å². The van der Waals surface area contributed by atoms with Gasteiger partial charge in [-0.15, -0.1) is 0 Å². The fourth-order valence-corrected chi connectivity index (χ4v) is 2.71. The first-order valence-electron chi connectivity index (χ1n) is 7.14. The summed E-state index contributed by atoms with van der Waals surface area (Å²) in [6, 6.07) is 6.67. The molecule has 21 heavy (non-hydrogen) atoms.